The summed E-state index contributed by atoms with van der Waals surface area (Å²) < 4.78 is 122. The van der Waals surface area contributed by atoms with Gasteiger partial charge in [-0.2, -0.15) is 13.7 Å². The second kappa shape index (κ2) is 28.1. The number of hydrogen-bond acceptors (Lipinski definition) is 14. The zero-order valence-corrected chi connectivity index (χ0v) is 43.6. The van der Waals surface area contributed by atoms with Crippen LogP contribution in [0.3, 0.4) is 0 Å². The molecule has 0 aliphatic rings. The predicted molar refractivity (Wildman–Crippen MR) is 318 cm³/mol. The fourth-order valence-corrected chi connectivity index (χ4v) is 12.3. The van der Waals surface area contributed by atoms with Gasteiger partial charge < -0.3 is 40.7 Å². The van der Waals surface area contributed by atoms with Crippen molar-refractivity contribution in [3.05, 3.63) is 260 Å². The number of sulfone groups is 1. The molecule has 0 spiro atoms. The molecule has 0 bridgehead atoms. The van der Waals surface area contributed by atoms with E-state index in [2.05, 4.69) is 0 Å². The minimum absolute atomic E-state index is 0. The molecule has 1 atom stereocenters. The van der Waals surface area contributed by atoms with E-state index < -0.39 is 38.7 Å². The summed E-state index contributed by atoms with van der Waals surface area (Å²) in [4.78, 5) is -0.209. The van der Waals surface area contributed by atoms with Crippen molar-refractivity contribution in [2.75, 3.05) is 0 Å². The van der Waals surface area contributed by atoms with Gasteiger partial charge in [0.2, 0.25) is 9.84 Å². The number of phosphoric acid groups is 3. The van der Waals surface area contributed by atoms with Crippen LogP contribution in [0.1, 0.15) is 62.1 Å². The first-order chi connectivity index (χ1) is 36.1. The Morgan fingerprint density at radius 2 is 0.425 bits per heavy atom. The first-order valence-corrected chi connectivity index (χ1v) is 29.0. The van der Waals surface area contributed by atoms with Crippen molar-refractivity contribution in [3.63, 3.8) is 0 Å². The maximum atomic E-state index is 14.5. The number of para-hydroxylation sites is 5. The van der Waals surface area contributed by atoms with Crippen LogP contribution in [-0.2, 0) is 28.9 Å². The van der Waals surface area contributed by atoms with Crippen molar-refractivity contribution in [2.24, 2.45) is 0 Å². The van der Waals surface area contributed by atoms with Crippen LogP contribution in [0.25, 0.3) is 0 Å². The summed E-state index contributed by atoms with van der Waals surface area (Å²) in [6.07, 6.45) is 0. The summed E-state index contributed by atoms with van der Waals surface area (Å²) in [7, 11) is -17.2. The Labute approximate surface area is 471 Å². The molecule has 80 heavy (non-hydrogen) atoms. The standard InChI is InChI=1S/C57H47O14P3S.5CH4/c1-57(2,44-28-32-51(33-29-44)68-72(58,63-46-18-8-3-9-19-46)64-47-20-10-4-11-21-47)45-30-34-52(35-31-45)69-74(60,67-50-26-16-7-17-27-50)71-54-38-42-56(43-39-54)75(61,62)55-40-36-53(37-41-55)70-73(59,65-48-22-12-5-13-23-48)66-49-24-14-6-15-25-49;;;;;/h3-43H,1-2H3;5*1H4. The average molecular weight is 1160 g/mol. The minimum Gasteiger partial charge on any atom is -0.386 e. The van der Waals surface area contributed by atoms with Crippen molar-refractivity contribution >= 4 is 33.3 Å². The Kier molecular flexibility index (Phi) is 22.6. The minimum atomic E-state index is -4.51. The fourth-order valence-electron chi connectivity index (χ4n) is 7.26. The molecule has 18 heteroatoms. The van der Waals surface area contributed by atoms with Crippen LogP contribution in [0.15, 0.2) is 259 Å². The van der Waals surface area contributed by atoms with Crippen LogP contribution in [0, 0.1) is 0 Å². The van der Waals surface area contributed by atoms with Crippen LogP contribution in [0.4, 0.5) is 0 Å². The van der Waals surface area contributed by atoms with Gasteiger partial charge in [-0.3, -0.25) is 0 Å². The normalized spacial score (nSPS) is 11.7. The molecule has 1 unspecified atom stereocenters. The number of benzene rings is 9. The molecule has 0 aliphatic carbocycles. The van der Waals surface area contributed by atoms with Gasteiger partial charge in [-0.15, -0.1) is 0 Å². The summed E-state index contributed by atoms with van der Waals surface area (Å²) in [5.41, 5.74) is 1.16. The molecule has 0 fully saturated rings. The first-order valence-electron chi connectivity index (χ1n) is 23.1. The van der Waals surface area contributed by atoms with E-state index in [1.54, 1.807) is 164 Å². The third kappa shape index (κ3) is 16.7. The molecule has 9 aromatic carbocycles. The maximum Gasteiger partial charge on any atom is 0.647 e. The lowest BCUT2D eigenvalue weighted by atomic mass is 9.78. The molecular weight excluding hydrogens is 1090 g/mol. The lowest BCUT2D eigenvalue weighted by Crippen LogP contribution is -2.18. The Balaban J connectivity index is 0.00000276. The molecule has 0 saturated heterocycles. The molecule has 9 rings (SSSR count). The van der Waals surface area contributed by atoms with Crippen LogP contribution in [0.2, 0.25) is 0 Å². The molecular formula is C62H67O14P3S. The largest absolute Gasteiger partial charge is 0.647 e. The van der Waals surface area contributed by atoms with Gasteiger partial charge in [0.1, 0.15) is 51.7 Å². The van der Waals surface area contributed by atoms with E-state index in [-0.39, 0.29) is 87.2 Å². The average Bonchev–Trinajstić information content (AvgIpc) is 3.51. The molecule has 0 aromatic heterocycles. The molecule has 0 amide bonds. The molecule has 420 valence electrons. The van der Waals surface area contributed by atoms with Crippen LogP contribution < -0.4 is 40.7 Å². The van der Waals surface area contributed by atoms with Crippen LogP contribution in [-0.4, -0.2) is 8.42 Å². The monoisotopic (exact) mass is 1160 g/mol. The third-order valence-corrected chi connectivity index (χ3v) is 16.8. The lowest BCUT2D eigenvalue weighted by molar-refractivity contribution is 0.296. The van der Waals surface area contributed by atoms with E-state index in [0.29, 0.717) is 11.5 Å². The van der Waals surface area contributed by atoms with Gasteiger partial charge in [-0.25, -0.2) is 8.42 Å². The summed E-state index contributed by atoms with van der Waals surface area (Å²) in [6, 6.07) is 66.7. The van der Waals surface area contributed by atoms with E-state index in [4.69, 9.17) is 40.7 Å². The van der Waals surface area contributed by atoms with Gasteiger partial charge >= 0.3 is 23.5 Å². The number of phosphoric ester groups is 3. The summed E-state index contributed by atoms with van der Waals surface area (Å²) >= 11 is 0. The van der Waals surface area contributed by atoms with Gasteiger partial charge in [-0.05, 0) is 145 Å². The SMILES string of the molecule is C.C.C.C.C.CC(C)(c1ccc(OP(=O)(Oc2ccccc2)Oc2ccccc2)cc1)c1ccc(OP(=O)(Oc2ccccc2)Oc2ccc(S(=O)(=O)c3ccc(OP(=O)(Oc4ccccc4)Oc4ccccc4)cc3)cc2)cc1. The zero-order valence-electron chi connectivity index (χ0n) is 40.1. The second-order valence-electron chi connectivity index (χ2n) is 16.8. The Hall–Kier alpha value is -8.18. The van der Waals surface area contributed by atoms with E-state index in [1.807, 2.05) is 50.2 Å². The molecule has 14 nitrogen and oxygen atoms in total. The highest BCUT2D eigenvalue weighted by Gasteiger charge is 2.36. The fraction of sp³-hybridized carbons (Fsp3) is 0.129. The van der Waals surface area contributed by atoms with Crippen LogP contribution >= 0.6 is 23.5 Å². The van der Waals surface area contributed by atoms with Gasteiger partial charge in [-0.1, -0.05) is 166 Å². The second-order valence-corrected chi connectivity index (χ2v) is 23.1. The van der Waals surface area contributed by atoms with E-state index >= 15 is 0 Å². The van der Waals surface area contributed by atoms with Crippen molar-refractivity contribution in [1.29, 1.82) is 0 Å². The van der Waals surface area contributed by atoms with Crippen LogP contribution in [0.5, 0.6) is 51.7 Å². The van der Waals surface area contributed by atoms with Crippen molar-refractivity contribution in [1.82, 2.24) is 0 Å². The van der Waals surface area contributed by atoms with Crippen molar-refractivity contribution in [2.45, 2.75) is 66.2 Å². The van der Waals surface area contributed by atoms with Gasteiger partial charge in [0, 0.05) is 5.41 Å². The van der Waals surface area contributed by atoms with Gasteiger partial charge in [0.25, 0.3) is 0 Å². The highest BCUT2D eigenvalue weighted by Crippen LogP contribution is 2.53. The third-order valence-electron chi connectivity index (χ3n) is 11.1. The van der Waals surface area contributed by atoms with Gasteiger partial charge in [0.05, 0.1) is 9.79 Å². The Morgan fingerprint density at radius 1 is 0.263 bits per heavy atom. The smallest absolute Gasteiger partial charge is 0.386 e. The van der Waals surface area contributed by atoms with Crippen molar-refractivity contribution < 1.29 is 62.8 Å². The summed E-state index contributed by atoms with van der Waals surface area (Å²) in [5.74, 6) is 1.71. The zero-order chi connectivity index (χ0) is 52.4. The Morgan fingerprint density at radius 3 is 0.613 bits per heavy atom. The number of rotatable bonds is 22. The van der Waals surface area contributed by atoms with E-state index in [9.17, 15) is 22.1 Å². The maximum absolute atomic E-state index is 14.5. The topological polar surface area (TPSA) is 168 Å². The highest BCUT2D eigenvalue weighted by atomic mass is 32.2. The lowest BCUT2D eigenvalue weighted by Gasteiger charge is -2.27. The molecule has 0 aliphatic heterocycles. The Bertz CT molecular complexity index is 3470. The molecule has 0 N–H and O–H groups in total. The molecule has 0 saturated carbocycles. The molecule has 0 radical (unpaired) electrons. The summed E-state index contributed by atoms with van der Waals surface area (Å²) in [6.45, 7) is 4.04. The van der Waals surface area contributed by atoms with Crippen molar-refractivity contribution in [3.8, 4) is 51.7 Å². The summed E-state index contributed by atoms with van der Waals surface area (Å²) in [5, 5.41) is 0. The quantitative estimate of drug-likeness (QED) is 0.0588. The first kappa shape index (κ1) is 64.3. The number of hydrogen-bond donors (Lipinski definition) is 0. The molecule has 9 aromatic rings. The molecule has 0 heterocycles. The van der Waals surface area contributed by atoms with E-state index in [0.717, 1.165) is 11.1 Å². The van der Waals surface area contributed by atoms with Gasteiger partial charge in [0.15, 0.2) is 0 Å². The highest BCUT2D eigenvalue weighted by molar-refractivity contribution is 7.91. The van der Waals surface area contributed by atoms with E-state index in [1.165, 1.54) is 48.5 Å². The predicted octanol–water partition coefficient (Wildman–Crippen LogP) is 19.0.